The smallest absolute Gasteiger partial charge is 0.347 e. The number of carbonyl (C=O) groups excluding carboxylic acids is 2. The molecular weight excluding hydrogens is 436 g/mol. The molecule has 3 atom stereocenters. The Labute approximate surface area is 194 Å². The van der Waals surface area contributed by atoms with Gasteiger partial charge in [0.1, 0.15) is 5.75 Å². The number of allylic oxidation sites excluding steroid dienone is 1. The average Bonchev–Trinajstić information content (AvgIpc) is 3.26. The molecule has 3 aromatic rings. The summed E-state index contributed by atoms with van der Waals surface area (Å²) in [6, 6.07) is 15.5. The van der Waals surface area contributed by atoms with Crippen LogP contribution in [0.1, 0.15) is 24.9 Å². The maximum atomic E-state index is 13.3. The minimum Gasteiger partial charge on any atom is -0.497 e. The highest BCUT2D eigenvalue weighted by atomic mass is 16.5. The van der Waals surface area contributed by atoms with Crippen molar-refractivity contribution in [3.63, 3.8) is 0 Å². The molecule has 1 fully saturated rings. The molecule has 2 aromatic carbocycles. The van der Waals surface area contributed by atoms with E-state index in [4.69, 9.17) is 4.74 Å². The van der Waals surface area contributed by atoms with Gasteiger partial charge in [-0.3, -0.25) is 9.59 Å². The predicted octanol–water partition coefficient (Wildman–Crippen LogP) is 2.09. The Bertz CT molecular complexity index is 1400. The first-order chi connectivity index (χ1) is 16.4. The van der Waals surface area contributed by atoms with Crippen LogP contribution in [0.25, 0.3) is 0 Å². The SMILES string of the molecule is COc1ccc(N2C(=O)[C@@H]3C=C(C)[C@H](n4[nH]c(=O)n(Cc5ccccc5)c4=O)C[C@H]3C2=O)cc1. The van der Waals surface area contributed by atoms with Crippen LogP contribution in [-0.4, -0.2) is 33.3 Å². The molecule has 1 N–H and O–H groups in total. The van der Waals surface area contributed by atoms with Gasteiger partial charge in [-0.2, -0.15) is 0 Å². The van der Waals surface area contributed by atoms with Gasteiger partial charge in [0.25, 0.3) is 0 Å². The second-order valence-electron chi connectivity index (χ2n) is 8.65. The normalized spacial score (nSPS) is 22.0. The zero-order valence-electron chi connectivity index (χ0n) is 18.8. The van der Waals surface area contributed by atoms with Gasteiger partial charge in [0.2, 0.25) is 11.8 Å². The van der Waals surface area contributed by atoms with E-state index < -0.39 is 29.3 Å². The number of amides is 2. The number of hydrogen-bond donors (Lipinski definition) is 1. The summed E-state index contributed by atoms with van der Waals surface area (Å²) < 4.78 is 7.57. The number of nitrogens with one attached hydrogen (secondary N) is 1. The molecule has 1 aliphatic carbocycles. The highest BCUT2D eigenvalue weighted by molar-refractivity contribution is 6.22. The molecule has 1 aromatic heterocycles. The van der Waals surface area contributed by atoms with Crippen molar-refractivity contribution in [3.8, 4) is 5.75 Å². The first-order valence-corrected chi connectivity index (χ1v) is 11.0. The molecule has 1 saturated heterocycles. The molecule has 0 unspecified atom stereocenters. The Balaban J connectivity index is 1.45. The molecule has 34 heavy (non-hydrogen) atoms. The number of aromatic amines is 1. The number of methoxy groups -OCH3 is 1. The van der Waals surface area contributed by atoms with Crippen molar-refractivity contribution in [3.05, 3.63) is 92.8 Å². The number of rotatable bonds is 5. The van der Waals surface area contributed by atoms with E-state index in [2.05, 4.69) is 5.10 Å². The Hall–Kier alpha value is -4.14. The lowest BCUT2D eigenvalue weighted by Gasteiger charge is -2.27. The number of hydrogen-bond acceptors (Lipinski definition) is 5. The Morgan fingerprint density at radius 2 is 1.68 bits per heavy atom. The molecule has 0 spiro atoms. The number of anilines is 1. The molecule has 174 valence electrons. The van der Waals surface area contributed by atoms with Gasteiger partial charge in [-0.05, 0) is 43.2 Å². The van der Waals surface area contributed by atoms with E-state index in [-0.39, 0.29) is 24.8 Å². The lowest BCUT2D eigenvalue weighted by molar-refractivity contribution is -0.122. The second kappa shape index (κ2) is 8.33. The molecule has 0 saturated carbocycles. The van der Waals surface area contributed by atoms with Gasteiger partial charge in [0.05, 0.1) is 37.2 Å². The van der Waals surface area contributed by atoms with Crippen molar-refractivity contribution in [2.75, 3.05) is 12.0 Å². The molecule has 1 aliphatic heterocycles. The molecule has 9 heteroatoms. The average molecular weight is 460 g/mol. The fourth-order valence-electron chi connectivity index (χ4n) is 4.84. The third-order valence-electron chi connectivity index (χ3n) is 6.65. The quantitative estimate of drug-likeness (QED) is 0.464. The molecule has 0 bridgehead atoms. The van der Waals surface area contributed by atoms with Crippen LogP contribution in [0.2, 0.25) is 0 Å². The summed E-state index contributed by atoms with van der Waals surface area (Å²) in [5.74, 6) is -1.19. The van der Waals surface area contributed by atoms with Gasteiger partial charge >= 0.3 is 11.4 Å². The standard InChI is InChI=1S/C25H24N4O5/c1-15-12-19-20(23(31)28(22(19)30)17-8-10-18(34-2)11-9-17)13-21(15)29-25(33)27(24(32)26-29)14-16-6-4-3-5-7-16/h3-12,19-21H,13-14H2,1-2H3,(H,26,32)/t19-,20-,21-/m1/s1. The fourth-order valence-corrected chi connectivity index (χ4v) is 4.84. The van der Waals surface area contributed by atoms with E-state index in [1.165, 1.54) is 9.58 Å². The number of carbonyl (C=O) groups is 2. The molecule has 5 rings (SSSR count). The number of benzene rings is 2. The molecule has 2 aliphatic rings. The number of fused-ring (bicyclic) bond motifs is 1. The number of imide groups is 1. The Morgan fingerprint density at radius 1 is 0.971 bits per heavy atom. The molecule has 2 heterocycles. The van der Waals surface area contributed by atoms with Gasteiger partial charge < -0.3 is 4.74 Å². The van der Waals surface area contributed by atoms with Crippen molar-refractivity contribution < 1.29 is 14.3 Å². The van der Waals surface area contributed by atoms with Crippen LogP contribution >= 0.6 is 0 Å². The van der Waals surface area contributed by atoms with E-state index in [0.29, 0.717) is 11.4 Å². The van der Waals surface area contributed by atoms with E-state index in [1.807, 2.05) is 37.3 Å². The fraction of sp³-hybridized carbons (Fsp3) is 0.280. The zero-order valence-corrected chi connectivity index (χ0v) is 18.8. The van der Waals surface area contributed by atoms with Gasteiger partial charge in [-0.15, -0.1) is 0 Å². The van der Waals surface area contributed by atoms with Gasteiger partial charge in [0.15, 0.2) is 0 Å². The Kier molecular flexibility index (Phi) is 5.31. The van der Waals surface area contributed by atoms with E-state index >= 15 is 0 Å². The van der Waals surface area contributed by atoms with E-state index in [1.54, 1.807) is 37.5 Å². The lowest BCUT2D eigenvalue weighted by atomic mass is 9.80. The summed E-state index contributed by atoms with van der Waals surface area (Å²) in [5, 5.41) is 2.64. The molecule has 0 radical (unpaired) electrons. The molecule has 2 amide bonds. The van der Waals surface area contributed by atoms with Crippen LogP contribution in [0.3, 0.4) is 0 Å². The monoisotopic (exact) mass is 460 g/mol. The number of ether oxygens (including phenoxy) is 1. The lowest BCUT2D eigenvalue weighted by Crippen LogP contribution is -2.35. The summed E-state index contributed by atoms with van der Waals surface area (Å²) in [4.78, 5) is 53.3. The highest BCUT2D eigenvalue weighted by Gasteiger charge is 2.50. The second-order valence-corrected chi connectivity index (χ2v) is 8.65. The van der Waals surface area contributed by atoms with E-state index in [0.717, 1.165) is 15.7 Å². The van der Waals surface area contributed by atoms with Crippen molar-refractivity contribution in [1.29, 1.82) is 0 Å². The van der Waals surface area contributed by atoms with Crippen molar-refractivity contribution in [2.24, 2.45) is 11.8 Å². The highest BCUT2D eigenvalue weighted by Crippen LogP contribution is 2.42. The summed E-state index contributed by atoms with van der Waals surface area (Å²) in [5.41, 5.74) is 1.07. The summed E-state index contributed by atoms with van der Waals surface area (Å²) >= 11 is 0. The molecule has 9 nitrogen and oxygen atoms in total. The van der Waals surface area contributed by atoms with Crippen LogP contribution in [0.4, 0.5) is 5.69 Å². The third-order valence-corrected chi connectivity index (χ3v) is 6.65. The topological polar surface area (TPSA) is 106 Å². The van der Waals surface area contributed by atoms with Crippen molar-refractivity contribution >= 4 is 17.5 Å². The first-order valence-electron chi connectivity index (χ1n) is 11.0. The van der Waals surface area contributed by atoms with Crippen LogP contribution in [0.5, 0.6) is 5.75 Å². The maximum Gasteiger partial charge on any atom is 0.347 e. The summed E-state index contributed by atoms with van der Waals surface area (Å²) in [7, 11) is 1.54. The van der Waals surface area contributed by atoms with Crippen LogP contribution < -0.4 is 21.0 Å². The largest absolute Gasteiger partial charge is 0.497 e. The first kappa shape index (κ1) is 21.7. The van der Waals surface area contributed by atoms with Gasteiger partial charge in [-0.25, -0.2) is 28.8 Å². The van der Waals surface area contributed by atoms with Crippen LogP contribution in [0.15, 0.2) is 75.8 Å². The third kappa shape index (κ3) is 3.49. The van der Waals surface area contributed by atoms with E-state index in [9.17, 15) is 19.2 Å². The summed E-state index contributed by atoms with van der Waals surface area (Å²) in [6.07, 6.45) is 2.00. The summed E-state index contributed by atoms with van der Waals surface area (Å²) in [6.45, 7) is 1.96. The maximum absolute atomic E-state index is 13.3. The number of aromatic nitrogens is 3. The predicted molar refractivity (Wildman–Crippen MR) is 125 cm³/mol. The van der Waals surface area contributed by atoms with Gasteiger partial charge in [0, 0.05) is 0 Å². The molecular formula is C25H24N4O5. The van der Waals surface area contributed by atoms with Crippen LogP contribution in [-0.2, 0) is 16.1 Å². The van der Waals surface area contributed by atoms with Crippen molar-refractivity contribution in [2.45, 2.75) is 25.9 Å². The van der Waals surface area contributed by atoms with Crippen LogP contribution in [0, 0.1) is 11.8 Å². The van der Waals surface area contributed by atoms with Gasteiger partial charge in [-0.1, -0.05) is 42.0 Å². The van der Waals surface area contributed by atoms with Crippen molar-refractivity contribution in [1.82, 2.24) is 14.3 Å². The minimum atomic E-state index is -0.615. The minimum absolute atomic E-state index is 0.145. The zero-order chi connectivity index (χ0) is 24.0. The number of H-pyrrole nitrogens is 1. The number of nitrogens with zero attached hydrogens (tertiary/aromatic N) is 3. The Morgan fingerprint density at radius 3 is 2.35 bits per heavy atom.